The van der Waals surface area contributed by atoms with Gasteiger partial charge in [-0.1, -0.05) is 6.07 Å². The van der Waals surface area contributed by atoms with Crippen LogP contribution < -0.4 is 10.6 Å². The maximum Gasteiger partial charge on any atom is 0.353 e. The number of nitrogens with zero attached hydrogens (tertiary/aromatic N) is 3. The van der Waals surface area contributed by atoms with Gasteiger partial charge in [-0.15, -0.1) is 0 Å². The minimum Gasteiger partial charge on any atom is -0.462 e. The fourth-order valence-corrected chi connectivity index (χ4v) is 2.84. The van der Waals surface area contributed by atoms with Crippen LogP contribution >= 0.6 is 22.6 Å². The fraction of sp³-hybridized carbons (Fsp3) is 0.105. The van der Waals surface area contributed by atoms with Crippen LogP contribution in [0.2, 0.25) is 0 Å². The zero-order valence-electron chi connectivity index (χ0n) is 15.3. The Morgan fingerprint density at radius 3 is 2.38 bits per heavy atom. The van der Waals surface area contributed by atoms with Crippen LogP contribution in [-0.4, -0.2) is 27.5 Å². The summed E-state index contributed by atoms with van der Waals surface area (Å²) in [7, 11) is 0. The molecule has 0 unspecified atom stereocenters. The molecule has 29 heavy (non-hydrogen) atoms. The van der Waals surface area contributed by atoms with Gasteiger partial charge in [0.05, 0.1) is 17.1 Å². The number of nitro groups is 1. The molecule has 148 valence electrons. The van der Waals surface area contributed by atoms with Gasteiger partial charge in [-0.05, 0) is 72.0 Å². The summed E-state index contributed by atoms with van der Waals surface area (Å²) in [6, 6.07) is 13.8. The quantitative estimate of drug-likeness (QED) is 0.206. The lowest BCUT2D eigenvalue weighted by atomic mass is 10.2. The molecule has 1 aromatic heterocycles. The van der Waals surface area contributed by atoms with E-state index in [0.717, 1.165) is 3.57 Å². The van der Waals surface area contributed by atoms with Crippen LogP contribution in [0.5, 0.6) is 0 Å². The van der Waals surface area contributed by atoms with Gasteiger partial charge in [0, 0.05) is 14.9 Å². The number of esters is 1. The number of carbonyl (C=O) groups is 1. The molecule has 1 heterocycles. The predicted molar refractivity (Wildman–Crippen MR) is 117 cm³/mol. The standard InChI is InChI=1S/C19H16IN5O4/c1-2-29-19(26)12-4-3-5-15(10-12)24-18-16(25(27)28)17(21-11-22-18)23-14-8-6-13(20)7-9-14/h3-11H,2H2,1H3,(H2,21,22,23,24). The summed E-state index contributed by atoms with van der Waals surface area (Å²) < 4.78 is 6.01. The number of hydrogen-bond donors (Lipinski definition) is 2. The topological polar surface area (TPSA) is 119 Å². The summed E-state index contributed by atoms with van der Waals surface area (Å²) in [6.45, 7) is 1.97. The summed E-state index contributed by atoms with van der Waals surface area (Å²) in [5.41, 5.74) is 1.12. The van der Waals surface area contributed by atoms with Crippen LogP contribution in [-0.2, 0) is 4.74 Å². The van der Waals surface area contributed by atoms with E-state index in [0.29, 0.717) is 16.9 Å². The van der Waals surface area contributed by atoms with Gasteiger partial charge in [0.2, 0.25) is 11.6 Å². The Kier molecular flexibility index (Phi) is 6.54. The molecule has 9 nitrogen and oxygen atoms in total. The number of anilines is 4. The Balaban J connectivity index is 1.92. The number of halogens is 1. The molecule has 0 saturated carbocycles. The average Bonchev–Trinajstić information content (AvgIpc) is 2.70. The Morgan fingerprint density at radius 2 is 1.76 bits per heavy atom. The van der Waals surface area contributed by atoms with Crippen molar-refractivity contribution in [1.29, 1.82) is 0 Å². The fourth-order valence-electron chi connectivity index (χ4n) is 2.48. The normalized spacial score (nSPS) is 10.3. The summed E-state index contributed by atoms with van der Waals surface area (Å²) in [5, 5.41) is 17.5. The molecule has 0 aliphatic carbocycles. The lowest BCUT2D eigenvalue weighted by Gasteiger charge is -2.11. The number of ether oxygens (including phenoxy) is 1. The van der Waals surface area contributed by atoms with E-state index in [1.165, 1.54) is 12.4 Å². The molecule has 0 atom stereocenters. The van der Waals surface area contributed by atoms with E-state index in [1.54, 1.807) is 37.3 Å². The summed E-state index contributed by atoms with van der Waals surface area (Å²) in [5.74, 6) is -0.427. The van der Waals surface area contributed by atoms with E-state index >= 15 is 0 Å². The first kappa shape index (κ1) is 20.5. The van der Waals surface area contributed by atoms with Gasteiger partial charge in [-0.3, -0.25) is 10.1 Å². The van der Waals surface area contributed by atoms with Crippen molar-refractivity contribution < 1.29 is 14.5 Å². The van der Waals surface area contributed by atoms with Crippen molar-refractivity contribution in [3.05, 3.63) is 74.1 Å². The first-order valence-electron chi connectivity index (χ1n) is 8.54. The van der Waals surface area contributed by atoms with Crippen LogP contribution in [0.25, 0.3) is 0 Å². The zero-order chi connectivity index (χ0) is 20.8. The third-order valence-electron chi connectivity index (χ3n) is 3.75. The van der Waals surface area contributed by atoms with E-state index in [4.69, 9.17) is 4.74 Å². The molecule has 0 bridgehead atoms. The molecule has 0 amide bonds. The smallest absolute Gasteiger partial charge is 0.353 e. The third kappa shape index (κ3) is 5.16. The Morgan fingerprint density at radius 1 is 1.10 bits per heavy atom. The number of carbonyl (C=O) groups excluding carboxylic acids is 1. The van der Waals surface area contributed by atoms with E-state index in [2.05, 4.69) is 43.2 Å². The largest absolute Gasteiger partial charge is 0.462 e. The molecular weight excluding hydrogens is 489 g/mol. The third-order valence-corrected chi connectivity index (χ3v) is 4.47. The van der Waals surface area contributed by atoms with Gasteiger partial charge >= 0.3 is 11.7 Å². The van der Waals surface area contributed by atoms with Gasteiger partial charge in [0.25, 0.3) is 0 Å². The molecule has 10 heteroatoms. The van der Waals surface area contributed by atoms with Crippen LogP contribution in [0.1, 0.15) is 17.3 Å². The van der Waals surface area contributed by atoms with Gasteiger partial charge in [-0.2, -0.15) is 0 Å². The molecule has 0 saturated heterocycles. The maximum atomic E-state index is 11.9. The first-order chi connectivity index (χ1) is 14.0. The number of benzene rings is 2. The minimum absolute atomic E-state index is 0.000907. The first-order valence-corrected chi connectivity index (χ1v) is 9.62. The molecule has 0 spiro atoms. The molecule has 0 aliphatic rings. The monoisotopic (exact) mass is 505 g/mol. The highest BCUT2D eigenvalue weighted by molar-refractivity contribution is 14.1. The summed E-state index contributed by atoms with van der Waals surface area (Å²) in [6.07, 6.45) is 1.22. The summed E-state index contributed by atoms with van der Waals surface area (Å²) in [4.78, 5) is 31.1. The van der Waals surface area contributed by atoms with E-state index in [-0.39, 0.29) is 23.9 Å². The average molecular weight is 505 g/mol. The Hall–Kier alpha value is -3.28. The number of aromatic nitrogens is 2. The zero-order valence-corrected chi connectivity index (χ0v) is 17.4. The lowest BCUT2D eigenvalue weighted by Crippen LogP contribution is -2.07. The highest BCUT2D eigenvalue weighted by atomic mass is 127. The van der Waals surface area contributed by atoms with E-state index in [1.807, 2.05) is 12.1 Å². The minimum atomic E-state index is -0.563. The van der Waals surface area contributed by atoms with Crippen molar-refractivity contribution in [1.82, 2.24) is 9.97 Å². The predicted octanol–water partition coefficient (Wildman–Crippen LogP) is 4.65. The van der Waals surface area contributed by atoms with Crippen molar-refractivity contribution in [2.75, 3.05) is 17.2 Å². The summed E-state index contributed by atoms with van der Waals surface area (Å²) >= 11 is 2.17. The Bertz CT molecular complexity index is 1040. The van der Waals surface area contributed by atoms with Crippen molar-refractivity contribution in [3.8, 4) is 0 Å². The number of nitrogens with one attached hydrogen (secondary N) is 2. The van der Waals surface area contributed by atoms with E-state index < -0.39 is 10.9 Å². The highest BCUT2D eigenvalue weighted by Gasteiger charge is 2.23. The van der Waals surface area contributed by atoms with Crippen molar-refractivity contribution in [2.45, 2.75) is 6.92 Å². The van der Waals surface area contributed by atoms with E-state index in [9.17, 15) is 14.9 Å². The molecule has 2 aromatic carbocycles. The second kappa shape index (κ2) is 9.28. The lowest BCUT2D eigenvalue weighted by molar-refractivity contribution is -0.383. The second-order valence-corrected chi connectivity index (χ2v) is 6.98. The van der Waals surface area contributed by atoms with Crippen LogP contribution in [0.3, 0.4) is 0 Å². The second-order valence-electron chi connectivity index (χ2n) is 5.73. The molecule has 3 rings (SSSR count). The molecule has 0 radical (unpaired) electrons. The van der Waals surface area contributed by atoms with Crippen LogP contribution in [0.4, 0.5) is 28.7 Å². The molecule has 0 aliphatic heterocycles. The maximum absolute atomic E-state index is 11.9. The number of rotatable bonds is 7. The molecule has 0 fully saturated rings. The SMILES string of the molecule is CCOC(=O)c1cccc(Nc2ncnc(Nc3ccc(I)cc3)c2[N+](=O)[O-])c1. The van der Waals surface area contributed by atoms with Gasteiger partial charge in [0.15, 0.2) is 0 Å². The van der Waals surface area contributed by atoms with Crippen LogP contribution in [0.15, 0.2) is 54.9 Å². The highest BCUT2D eigenvalue weighted by Crippen LogP contribution is 2.33. The van der Waals surface area contributed by atoms with Crippen molar-refractivity contribution in [2.24, 2.45) is 0 Å². The van der Waals surface area contributed by atoms with Crippen LogP contribution in [0, 0.1) is 13.7 Å². The van der Waals surface area contributed by atoms with Gasteiger partial charge in [-0.25, -0.2) is 14.8 Å². The number of hydrogen-bond acceptors (Lipinski definition) is 8. The van der Waals surface area contributed by atoms with Crippen molar-refractivity contribution >= 4 is 57.3 Å². The Labute approximate surface area is 179 Å². The van der Waals surface area contributed by atoms with Gasteiger partial charge in [0.1, 0.15) is 6.33 Å². The van der Waals surface area contributed by atoms with Gasteiger partial charge < -0.3 is 15.4 Å². The van der Waals surface area contributed by atoms with Crippen molar-refractivity contribution in [3.63, 3.8) is 0 Å². The molecular formula is C19H16IN5O4. The molecule has 3 aromatic rings. The molecule has 2 N–H and O–H groups in total.